The number of carbonyl (C=O) groups excluding carboxylic acids is 1. The maximum absolute atomic E-state index is 13.2. The van der Waals surface area contributed by atoms with Crippen LogP contribution in [0.2, 0.25) is 0 Å². The molecule has 2 aromatic carbocycles. The Morgan fingerprint density at radius 3 is 2.55 bits per heavy atom. The van der Waals surface area contributed by atoms with Crippen LogP contribution in [0.15, 0.2) is 48.5 Å². The number of nitrogens with zero attached hydrogens (tertiary/aromatic N) is 1. The van der Waals surface area contributed by atoms with E-state index >= 15 is 0 Å². The summed E-state index contributed by atoms with van der Waals surface area (Å²) in [6, 6.07) is 13.7. The molecule has 3 rings (SSSR count). The molecule has 7 nitrogen and oxygen atoms in total. The van der Waals surface area contributed by atoms with Crippen molar-refractivity contribution in [3.05, 3.63) is 59.7 Å². The topological polar surface area (TPSA) is 82.1 Å². The van der Waals surface area contributed by atoms with E-state index in [4.69, 9.17) is 13.7 Å². The smallest absolute Gasteiger partial charge is 0.306 e. The molecule has 0 N–H and O–H groups in total. The summed E-state index contributed by atoms with van der Waals surface area (Å²) < 4.78 is 38.3. The normalized spacial score (nSPS) is 16.4. The second-order valence-corrected chi connectivity index (χ2v) is 8.56. The molecule has 29 heavy (non-hydrogen) atoms. The van der Waals surface area contributed by atoms with Crippen LogP contribution >= 0.6 is 0 Å². The molecule has 1 fully saturated rings. The highest BCUT2D eigenvalue weighted by Gasteiger charge is 2.24. The van der Waals surface area contributed by atoms with Crippen molar-refractivity contribution in [1.29, 1.82) is 0 Å². The molecule has 156 valence electrons. The average Bonchev–Trinajstić information content (AvgIpc) is 3.20. The van der Waals surface area contributed by atoms with Gasteiger partial charge in [0.25, 0.3) is 5.91 Å². The van der Waals surface area contributed by atoms with Crippen LogP contribution in [0.4, 0.5) is 0 Å². The molecule has 0 aromatic heterocycles. The summed E-state index contributed by atoms with van der Waals surface area (Å²) in [6.45, 7) is 1.57. The zero-order valence-corrected chi connectivity index (χ0v) is 17.4. The fourth-order valence-corrected chi connectivity index (χ4v) is 3.70. The van der Waals surface area contributed by atoms with Gasteiger partial charge in [0.15, 0.2) is 0 Å². The molecule has 1 amide bonds. The van der Waals surface area contributed by atoms with E-state index in [9.17, 15) is 13.2 Å². The number of ether oxygens (including phenoxy) is 2. The number of rotatable bonds is 8. The van der Waals surface area contributed by atoms with Gasteiger partial charge in [0.05, 0.1) is 19.5 Å². The van der Waals surface area contributed by atoms with E-state index < -0.39 is 10.1 Å². The highest BCUT2D eigenvalue weighted by molar-refractivity contribution is 7.86. The molecule has 1 aliphatic heterocycles. The van der Waals surface area contributed by atoms with Gasteiger partial charge in [0.2, 0.25) is 0 Å². The van der Waals surface area contributed by atoms with Crippen molar-refractivity contribution in [2.45, 2.75) is 25.5 Å². The van der Waals surface area contributed by atoms with E-state index in [2.05, 4.69) is 0 Å². The van der Waals surface area contributed by atoms with Gasteiger partial charge in [-0.3, -0.25) is 4.79 Å². The van der Waals surface area contributed by atoms with Gasteiger partial charge in [-0.2, -0.15) is 8.42 Å². The monoisotopic (exact) mass is 419 g/mol. The molecule has 0 saturated carbocycles. The lowest BCUT2D eigenvalue weighted by atomic mass is 10.1. The first-order valence-corrected chi connectivity index (χ1v) is 11.2. The Morgan fingerprint density at radius 1 is 1.17 bits per heavy atom. The largest absolute Gasteiger partial charge is 0.497 e. The molecule has 0 spiro atoms. The van der Waals surface area contributed by atoms with Crippen LogP contribution in [0.3, 0.4) is 0 Å². The Bertz CT molecular complexity index is 936. The van der Waals surface area contributed by atoms with Crippen LogP contribution in [0.5, 0.6) is 11.5 Å². The number of benzene rings is 2. The minimum Gasteiger partial charge on any atom is -0.497 e. The van der Waals surface area contributed by atoms with Gasteiger partial charge >= 0.3 is 10.1 Å². The molecule has 1 atom stereocenters. The third-order valence-corrected chi connectivity index (χ3v) is 5.09. The van der Waals surface area contributed by atoms with Crippen LogP contribution < -0.4 is 8.92 Å². The Hall–Kier alpha value is -2.58. The Labute approximate surface area is 171 Å². The lowest BCUT2D eigenvalue weighted by molar-refractivity contribution is 0.0507. The molecule has 0 bridgehead atoms. The molecule has 2 aromatic rings. The molecule has 8 heteroatoms. The van der Waals surface area contributed by atoms with Gasteiger partial charge in [0, 0.05) is 25.3 Å². The Balaban J connectivity index is 1.78. The minimum atomic E-state index is -3.58. The molecular weight excluding hydrogens is 394 g/mol. The van der Waals surface area contributed by atoms with Crippen molar-refractivity contribution in [1.82, 2.24) is 4.90 Å². The van der Waals surface area contributed by atoms with Crippen molar-refractivity contribution in [3.63, 3.8) is 0 Å². The number of hydrogen-bond acceptors (Lipinski definition) is 6. The first-order valence-electron chi connectivity index (χ1n) is 9.37. The van der Waals surface area contributed by atoms with Gasteiger partial charge in [-0.05, 0) is 48.7 Å². The highest BCUT2D eigenvalue weighted by Crippen LogP contribution is 2.21. The summed E-state index contributed by atoms with van der Waals surface area (Å²) in [7, 11) is -2.01. The third kappa shape index (κ3) is 6.20. The molecular formula is C21H25NO6S. The van der Waals surface area contributed by atoms with E-state index in [1.807, 2.05) is 0 Å². The maximum atomic E-state index is 13.2. The average molecular weight is 419 g/mol. The summed E-state index contributed by atoms with van der Waals surface area (Å²) in [6.07, 6.45) is 2.92. The third-order valence-electron chi connectivity index (χ3n) is 4.60. The van der Waals surface area contributed by atoms with Crippen molar-refractivity contribution in [2.75, 3.05) is 26.5 Å². The van der Waals surface area contributed by atoms with E-state index in [-0.39, 0.29) is 17.8 Å². The molecule has 1 saturated heterocycles. The van der Waals surface area contributed by atoms with Crippen LogP contribution in [-0.4, -0.2) is 51.8 Å². The zero-order chi connectivity index (χ0) is 20.9. The summed E-state index contributed by atoms with van der Waals surface area (Å²) in [5.74, 6) is 0.743. The first-order chi connectivity index (χ1) is 13.8. The Morgan fingerprint density at radius 2 is 1.93 bits per heavy atom. The van der Waals surface area contributed by atoms with Gasteiger partial charge in [-0.1, -0.05) is 18.2 Å². The molecule has 1 unspecified atom stereocenters. The second kappa shape index (κ2) is 9.28. The van der Waals surface area contributed by atoms with E-state index in [1.54, 1.807) is 60.5 Å². The molecule has 0 radical (unpaired) electrons. The summed E-state index contributed by atoms with van der Waals surface area (Å²) >= 11 is 0. The van der Waals surface area contributed by atoms with E-state index in [0.717, 1.165) is 24.7 Å². The van der Waals surface area contributed by atoms with Crippen molar-refractivity contribution < 1.29 is 26.9 Å². The van der Waals surface area contributed by atoms with Crippen LogP contribution in [-0.2, 0) is 21.4 Å². The van der Waals surface area contributed by atoms with Gasteiger partial charge < -0.3 is 18.6 Å². The second-order valence-electron chi connectivity index (χ2n) is 6.98. The predicted molar refractivity (Wildman–Crippen MR) is 109 cm³/mol. The maximum Gasteiger partial charge on any atom is 0.306 e. The van der Waals surface area contributed by atoms with Crippen LogP contribution in [0.1, 0.15) is 28.8 Å². The standard InChI is InChI=1S/C21H25NO6S/c1-26-19-6-3-5-17(13-19)21(23)22(15-20-7-4-12-27-20)14-16-8-10-18(11-9-16)28-29(2,24)25/h3,5-6,8-11,13,20H,4,7,12,14-15H2,1-2H3. The number of carbonyl (C=O) groups is 1. The summed E-state index contributed by atoms with van der Waals surface area (Å²) in [5, 5.41) is 0. The summed E-state index contributed by atoms with van der Waals surface area (Å²) in [5.41, 5.74) is 1.40. The van der Waals surface area contributed by atoms with Crippen LogP contribution in [0.25, 0.3) is 0 Å². The molecule has 1 heterocycles. The first kappa shape index (κ1) is 21.1. The van der Waals surface area contributed by atoms with Crippen molar-refractivity contribution >= 4 is 16.0 Å². The zero-order valence-electron chi connectivity index (χ0n) is 16.5. The van der Waals surface area contributed by atoms with Gasteiger partial charge in [0.1, 0.15) is 11.5 Å². The lowest BCUT2D eigenvalue weighted by Gasteiger charge is -2.26. The fraction of sp³-hybridized carbons (Fsp3) is 0.381. The number of amides is 1. The fourth-order valence-electron chi connectivity index (χ4n) is 3.24. The number of hydrogen-bond donors (Lipinski definition) is 0. The van der Waals surface area contributed by atoms with Crippen LogP contribution in [0, 0.1) is 0 Å². The minimum absolute atomic E-state index is 0.0115. The van der Waals surface area contributed by atoms with Crippen molar-refractivity contribution in [2.24, 2.45) is 0 Å². The predicted octanol–water partition coefficient (Wildman–Crippen LogP) is 2.86. The van der Waals surface area contributed by atoms with E-state index in [0.29, 0.717) is 31.0 Å². The molecule has 1 aliphatic rings. The highest BCUT2D eigenvalue weighted by atomic mass is 32.2. The summed E-state index contributed by atoms with van der Waals surface area (Å²) in [4.78, 5) is 14.9. The quantitative estimate of drug-likeness (QED) is 0.612. The van der Waals surface area contributed by atoms with Gasteiger partial charge in [-0.25, -0.2) is 0 Å². The van der Waals surface area contributed by atoms with Gasteiger partial charge in [-0.15, -0.1) is 0 Å². The SMILES string of the molecule is COc1cccc(C(=O)N(Cc2ccc(OS(C)(=O)=O)cc2)CC2CCCO2)c1. The number of methoxy groups -OCH3 is 1. The van der Waals surface area contributed by atoms with Crippen molar-refractivity contribution in [3.8, 4) is 11.5 Å². The molecule has 0 aliphatic carbocycles. The van der Waals surface area contributed by atoms with E-state index in [1.165, 1.54) is 0 Å². The Kier molecular flexibility index (Phi) is 6.76. The lowest BCUT2D eigenvalue weighted by Crippen LogP contribution is -2.37.